The highest BCUT2D eigenvalue weighted by molar-refractivity contribution is 5.76. The van der Waals surface area contributed by atoms with Gasteiger partial charge in [-0.05, 0) is 50.5 Å². The first-order chi connectivity index (χ1) is 8.90. The minimum Gasteiger partial charge on any atom is -0.493 e. The highest BCUT2D eigenvalue weighted by Gasteiger charge is 2.06. The topological polar surface area (TPSA) is 58.6 Å². The van der Waals surface area contributed by atoms with Crippen molar-refractivity contribution >= 4 is 5.91 Å². The van der Waals surface area contributed by atoms with Crippen LogP contribution in [0, 0.1) is 20.8 Å². The number of amides is 1. The molecule has 0 bridgehead atoms. The Bertz CT molecular complexity index is 441. The molecule has 0 saturated heterocycles. The lowest BCUT2D eigenvalue weighted by Crippen LogP contribution is -2.31. The largest absolute Gasteiger partial charge is 0.493 e. The molecular weight excluding hydrogens is 242 g/mol. The van der Waals surface area contributed by atoms with Gasteiger partial charge in [0.1, 0.15) is 5.75 Å². The number of hydrogen-bond acceptors (Lipinski definition) is 3. The maximum atomic E-state index is 11.5. The van der Waals surface area contributed by atoms with Crippen molar-refractivity contribution in [2.45, 2.75) is 40.2 Å². The number of hydrogen-bond donors (Lipinski definition) is 2. The van der Waals surface area contributed by atoms with Crippen LogP contribution in [0.5, 0.6) is 5.75 Å². The Morgan fingerprint density at radius 3 is 2.68 bits per heavy atom. The lowest BCUT2D eigenvalue weighted by molar-refractivity contribution is -0.122. The molecule has 106 valence electrons. The summed E-state index contributed by atoms with van der Waals surface area (Å²) in [4.78, 5) is 11.5. The van der Waals surface area contributed by atoms with Crippen molar-refractivity contribution in [3.05, 3.63) is 28.8 Å². The molecule has 1 unspecified atom stereocenters. The van der Waals surface area contributed by atoms with E-state index in [1.54, 1.807) is 6.92 Å². The van der Waals surface area contributed by atoms with Gasteiger partial charge in [0, 0.05) is 6.54 Å². The average Bonchev–Trinajstić information content (AvgIpc) is 2.32. The molecule has 1 rings (SSSR count). The van der Waals surface area contributed by atoms with Crippen LogP contribution in [0.15, 0.2) is 12.1 Å². The van der Waals surface area contributed by atoms with Gasteiger partial charge < -0.3 is 15.2 Å². The molecule has 19 heavy (non-hydrogen) atoms. The van der Waals surface area contributed by atoms with E-state index < -0.39 is 6.10 Å². The Morgan fingerprint density at radius 2 is 2.05 bits per heavy atom. The maximum Gasteiger partial charge on any atom is 0.223 e. The number of carbonyl (C=O) groups is 1. The van der Waals surface area contributed by atoms with E-state index in [0.29, 0.717) is 13.0 Å². The summed E-state index contributed by atoms with van der Waals surface area (Å²) in [5, 5.41) is 11.7. The smallest absolute Gasteiger partial charge is 0.223 e. The average molecular weight is 265 g/mol. The summed E-state index contributed by atoms with van der Waals surface area (Å²) >= 11 is 0. The van der Waals surface area contributed by atoms with Gasteiger partial charge in [-0.1, -0.05) is 6.07 Å². The number of aryl methyl sites for hydroxylation is 2. The summed E-state index contributed by atoms with van der Waals surface area (Å²) in [5.41, 5.74) is 3.44. The molecule has 0 radical (unpaired) electrons. The standard InChI is InChI=1S/C15H23NO3/c1-10-7-11(2)13(4)14(8-10)19-6-5-15(18)16-9-12(3)17/h7-8,12,17H,5-6,9H2,1-4H3,(H,16,18). The second kappa shape index (κ2) is 7.14. The molecule has 4 heteroatoms. The third-order valence-electron chi connectivity index (χ3n) is 2.95. The van der Waals surface area contributed by atoms with Crippen molar-refractivity contribution in [3.8, 4) is 5.75 Å². The van der Waals surface area contributed by atoms with Gasteiger partial charge in [-0.15, -0.1) is 0 Å². The van der Waals surface area contributed by atoms with Gasteiger partial charge in [-0.2, -0.15) is 0 Å². The highest BCUT2D eigenvalue weighted by Crippen LogP contribution is 2.23. The fourth-order valence-electron chi connectivity index (χ4n) is 1.75. The van der Waals surface area contributed by atoms with Gasteiger partial charge in [0.25, 0.3) is 0 Å². The molecule has 1 atom stereocenters. The van der Waals surface area contributed by atoms with Gasteiger partial charge in [-0.3, -0.25) is 4.79 Å². The minimum atomic E-state index is -0.522. The number of aliphatic hydroxyl groups excluding tert-OH is 1. The third kappa shape index (κ3) is 5.30. The van der Waals surface area contributed by atoms with E-state index in [4.69, 9.17) is 9.84 Å². The zero-order valence-corrected chi connectivity index (χ0v) is 12.1. The Balaban J connectivity index is 2.43. The summed E-state index contributed by atoms with van der Waals surface area (Å²) < 4.78 is 5.65. The molecule has 1 aromatic carbocycles. The van der Waals surface area contributed by atoms with E-state index in [9.17, 15) is 4.79 Å². The van der Waals surface area contributed by atoms with Crippen LogP contribution in [0.4, 0.5) is 0 Å². The first-order valence-corrected chi connectivity index (χ1v) is 6.55. The van der Waals surface area contributed by atoms with Crippen molar-refractivity contribution in [2.75, 3.05) is 13.2 Å². The van der Waals surface area contributed by atoms with Crippen molar-refractivity contribution < 1.29 is 14.6 Å². The zero-order chi connectivity index (χ0) is 14.4. The number of benzene rings is 1. The molecule has 1 aromatic rings. The van der Waals surface area contributed by atoms with E-state index in [-0.39, 0.29) is 12.5 Å². The van der Waals surface area contributed by atoms with Crippen LogP contribution < -0.4 is 10.1 Å². The minimum absolute atomic E-state index is 0.108. The lowest BCUT2D eigenvalue weighted by atomic mass is 10.1. The van der Waals surface area contributed by atoms with Crippen LogP contribution in [-0.4, -0.2) is 30.3 Å². The van der Waals surface area contributed by atoms with Crippen molar-refractivity contribution in [1.82, 2.24) is 5.32 Å². The SMILES string of the molecule is Cc1cc(C)c(C)c(OCCC(=O)NCC(C)O)c1. The second-order valence-electron chi connectivity index (χ2n) is 4.96. The number of aliphatic hydroxyl groups is 1. The molecule has 2 N–H and O–H groups in total. The number of ether oxygens (including phenoxy) is 1. The van der Waals surface area contributed by atoms with Crippen molar-refractivity contribution in [3.63, 3.8) is 0 Å². The van der Waals surface area contributed by atoms with E-state index in [1.165, 1.54) is 5.56 Å². The Kier molecular flexibility index (Phi) is 5.83. The molecule has 0 fully saturated rings. The number of nitrogens with one attached hydrogen (secondary N) is 1. The molecule has 0 aromatic heterocycles. The summed E-state index contributed by atoms with van der Waals surface area (Å²) in [7, 11) is 0. The molecule has 0 heterocycles. The molecule has 0 aliphatic rings. The lowest BCUT2D eigenvalue weighted by Gasteiger charge is -2.12. The summed E-state index contributed by atoms with van der Waals surface area (Å²) in [6.45, 7) is 8.34. The van der Waals surface area contributed by atoms with Crippen LogP contribution in [0.25, 0.3) is 0 Å². The summed E-state index contributed by atoms with van der Waals surface area (Å²) in [5.74, 6) is 0.726. The van der Waals surface area contributed by atoms with E-state index >= 15 is 0 Å². The van der Waals surface area contributed by atoms with Crippen LogP contribution in [0.2, 0.25) is 0 Å². The third-order valence-corrected chi connectivity index (χ3v) is 2.95. The molecule has 4 nitrogen and oxygen atoms in total. The fraction of sp³-hybridized carbons (Fsp3) is 0.533. The molecule has 0 aliphatic heterocycles. The molecule has 1 amide bonds. The Morgan fingerprint density at radius 1 is 1.37 bits per heavy atom. The number of rotatable bonds is 6. The van der Waals surface area contributed by atoms with Gasteiger partial charge >= 0.3 is 0 Å². The normalized spacial score (nSPS) is 12.1. The van der Waals surface area contributed by atoms with Crippen LogP contribution in [-0.2, 0) is 4.79 Å². The quantitative estimate of drug-likeness (QED) is 0.825. The Hall–Kier alpha value is -1.55. The van der Waals surface area contributed by atoms with Gasteiger partial charge in [-0.25, -0.2) is 0 Å². The predicted molar refractivity (Wildman–Crippen MR) is 75.5 cm³/mol. The zero-order valence-electron chi connectivity index (χ0n) is 12.1. The van der Waals surface area contributed by atoms with Crippen molar-refractivity contribution in [1.29, 1.82) is 0 Å². The molecule has 0 spiro atoms. The van der Waals surface area contributed by atoms with E-state index in [0.717, 1.165) is 16.9 Å². The van der Waals surface area contributed by atoms with Gasteiger partial charge in [0.15, 0.2) is 0 Å². The Labute approximate surface area is 114 Å². The maximum absolute atomic E-state index is 11.5. The van der Waals surface area contributed by atoms with Gasteiger partial charge in [0.2, 0.25) is 5.91 Å². The monoisotopic (exact) mass is 265 g/mol. The molecular formula is C15H23NO3. The summed E-state index contributed by atoms with van der Waals surface area (Å²) in [6.07, 6.45) is -0.231. The highest BCUT2D eigenvalue weighted by atomic mass is 16.5. The molecule has 0 aliphatic carbocycles. The van der Waals surface area contributed by atoms with Crippen LogP contribution >= 0.6 is 0 Å². The van der Waals surface area contributed by atoms with Crippen LogP contribution in [0.1, 0.15) is 30.0 Å². The second-order valence-corrected chi connectivity index (χ2v) is 4.96. The van der Waals surface area contributed by atoms with Gasteiger partial charge in [0.05, 0.1) is 19.1 Å². The summed E-state index contributed by atoms with van der Waals surface area (Å²) in [6, 6.07) is 4.09. The van der Waals surface area contributed by atoms with E-state index in [2.05, 4.69) is 11.4 Å². The fourth-order valence-corrected chi connectivity index (χ4v) is 1.75. The van der Waals surface area contributed by atoms with Crippen molar-refractivity contribution in [2.24, 2.45) is 0 Å². The van der Waals surface area contributed by atoms with Crippen LogP contribution in [0.3, 0.4) is 0 Å². The first-order valence-electron chi connectivity index (χ1n) is 6.55. The number of carbonyl (C=O) groups excluding carboxylic acids is 1. The first kappa shape index (κ1) is 15.5. The predicted octanol–water partition coefficient (Wildman–Crippen LogP) is 1.88. The van der Waals surface area contributed by atoms with E-state index in [1.807, 2.05) is 26.8 Å². The molecule has 0 saturated carbocycles.